The van der Waals surface area contributed by atoms with Gasteiger partial charge in [0.05, 0.1) is 17.3 Å². The fourth-order valence-electron chi connectivity index (χ4n) is 1.69. The number of nitrogens with zero attached hydrogens (tertiary/aromatic N) is 1. The number of hydrogen-bond donors (Lipinski definition) is 2. The Hall–Kier alpha value is -3.00. The number of amides is 1. The first kappa shape index (κ1) is 13.4. The number of ether oxygens (including phenoxy) is 1. The summed E-state index contributed by atoms with van der Waals surface area (Å²) >= 11 is 0. The Kier molecular flexibility index (Phi) is 3.58. The standard InChI is InChI=1S/C15H13N3O2/c1-9-2-3-10(8-16)6-14(9)20-13-5-4-11(15(18)19)7-12(13)17/h2-7H,17H2,1H3,(H2,18,19). The van der Waals surface area contributed by atoms with Crippen molar-refractivity contribution in [2.75, 3.05) is 5.73 Å². The quantitative estimate of drug-likeness (QED) is 0.833. The summed E-state index contributed by atoms with van der Waals surface area (Å²) in [6, 6.07) is 11.8. The molecule has 2 rings (SSSR count). The number of hydrogen-bond acceptors (Lipinski definition) is 4. The van der Waals surface area contributed by atoms with Gasteiger partial charge in [-0.1, -0.05) is 6.07 Å². The van der Waals surface area contributed by atoms with Crippen LogP contribution in [0.1, 0.15) is 21.5 Å². The minimum absolute atomic E-state index is 0.308. The van der Waals surface area contributed by atoms with Crippen molar-refractivity contribution < 1.29 is 9.53 Å². The molecule has 2 aromatic carbocycles. The molecule has 0 atom stereocenters. The Labute approximate surface area is 116 Å². The topological polar surface area (TPSA) is 102 Å². The predicted octanol–water partition coefficient (Wildman–Crippen LogP) is 2.34. The van der Waals surface area contributed by atoms with E-state index in [1.807, 2.05) is 13.0 Å². The maximum Gasteiger partial charge on any atom is 0.248 e. The third kappa shape index (κ3) is 2.70. The van der Waals surface area contributed by atoms with Crippen LogP contribution in [0.15, 0.2) is 36.4 Å². The molecule has 0 aliphatic rings. The third-order valence-electron chi connectivity index (χ3n) is 2.83. The molecule has 0 saturated carbocycles. The highest BCUT2D eigenvalue weighted by molar-refractivity contribution is 5.94. The second-order valence-corrected chi connectivity index (χ2v) is 4.31. The number of carbonyl (C=O) groups is 1. The first-order valence-corrected chi connectivity index (χ1v) is 5.89. The van der Waals surface area contributed by atoms with E-state index in [1.165, 1.54) is 12.1 Å². The van der Waals surface area contributed by atoms with Crippen LogP contribution in [-0.4, -0.2) is 5.91 Å². The molecule has 0 heterocycles. The van der Waals surface area contributed by atoms with Gasteiger partial charge < -0.3 is 16.2 Å². The Morgan fingerprint density at radius 1 is 1.20 bits per heavy atom. The van der Waals surface area contributed by atoms with Gasteiger partial charge in [0.1, 0.15) is 11.5 Å². The average molecular weight is 267 g/mol. The molecule has 5 nitrogen and oxygen atoms in total. The maximum atomic E-state index is 11.1. The lowest BCUT2D eigenvalue weighted by Gasteiger charge is -2.11. The molecule has 20 heavy (non-hydrogen) atoms. The van der Waals surface area contributed by atoms with Crippen LogP contribution < -0.4 is 16.2 Å². The van der Waals surface area contributed by atoms with E-state index >= 15 is 0 Å². The molecule has 0 bridgehead atoms. The summed E-state index contributed by atoms with van der Waals surface area (Å²) in [5, 5.41) is 8.89. The number of rotatable bonds is 3. The molecular weight excluding hydrogens is 254 g/mol. The molecule has 0 radical (unpaired) electrons. The third-order valence-corrected chi connectivity index (χ3v) is 2.83. The van der Waals surface area contributed by atoms with Gasteiger partial charge in [0.15, 0.2) is 0 Å². The van der Waals surface area contributed by atoms with Crippen LogP contribution in [0.2, 0.25) is 0 Å². The van der Waals surface area contributed by atoms with Crippen molar-refractivity contribution in [1.82, 2.24) is 0 Å². The van der Waals surface area contributed by atoms with Crippen molar-refractivity contribution in [3.63, 3.8) is 0 Å². The number of primary amides is 1. The molecule has 0 aliphatic heterocycles. The molecule has 0 aromatic heterocycles. The maximum absolute atomic E-state index is 11.1. The molecule has 0 fully saturated rings. The van der Waals surface area contributed by atoms with Gasteiger partial charge >= 0.3 is 0 Å². The molecule has 4 N–H and O–H groups in total. The van der Waals surface area contributed by atoms with Crippen molar-refractivity contribution in [2.45, 2.75) is 6.92 Å². The second kappa shape index (κ2) is 5.33. The number of benzene rings is 2. The Morgan fingerprint density at radius 3 is 2.55 bits per heavy atom. The number of nitrogen functional groups attached to an aromatic ring is 1. The summed E-state index contributed by atoms with van der Waals surface area (Å²) in [6.45, 7) is 1.87. The van der Waals surface area contributed by atoms with Crippen molar-refractivity contribution in [3.8, 4) is 17.6 Å². The lowest BCUT2D eigenvalue weighted by Crippen LogP contribution is -2.11. The molecule has 0 aliphatic carbocycles. The first-order chi connectivity index (χ1) is 9.51. The Morgan fingerprint density at radius 2 is 1.95 bits per heavy atom. The van der Waals surface area contributed by atoms with Gasteiger partial charge in [-0.15, -0.1) is 0 Å². The summed E-state index contributed by atoms with van der Waals surface area (Å²) in [4.78, 5) is 11.1. The zero-order chi connectivity index (χ0) is 14.7. The molecule has 5 heteroatoms. The van der Waals surface area contributed by atoms with Gasteiger partial charge in [0, 0.05) is 5.56 Å². The summed E-state index contributed by atoms with van der Waals surface area (Å²) in [6.07, 6.45) is 0. The van der Waals surface area contributed by atoms with Crippen LogP contribution in [0.5, 0.6) is 11.5 Å². The highest BCUT2D eigenvalue weighted by atomic mass is 16.5. The minimum atomic E-state index is -0.550. The van der Waals surface area contributed by atoms with E-state index in [-0.39, 0.29) is 0 Å². The molecular formula is C15H13N3O2. The summed E-state index contributed by atoms with van der Waals surface area (Å²) in [7, 11) is 0. The van der Waals surface area contributed by atoms with Crippen LogP contribution >= 0.6 is 0 Å². The van der Waals surface area contributed by atoms with E-state index in [0.29, 0.717) is 28.3 Å². The van der Waals surface area contributed by atoms with Crippen molar-refractivity contribution in [1.29, 1.82) is 5.26 Å². The molecule has 2 aromatic rings. The van der Waals surface area contributed by atoms with E-state index in [4.69, 9.17) is 21.5 Å². The number of aryl methyl sites for hydroxylation is 1. The molecule has 1 amide bonds. The SMILES string of the molecule is Cc1ccc(C#N)cc1Oc1ccc(C(N)=O)cc1N. The normalized spacial score (nSPS) is 9.80. The molecule has 0 spiro atoms. The van der Waals surface area contributed by atoms with E-state index in [9.17, 15) is 4.79 Å². The lowest BCUT2D eigenvalue weighted by molar-refractivity contribution is 0.100. The largest absolute Gasteiger partial charge is 0.455 e. The van der Waals surface area contributed by atoms with Crippen LogP contribution in [-0.2, 0) is 0 Å². The van der Waals surface area contributed by atoms with Gasteiger partial charge in [-0.25, -0.2) is 0 Å². The Bertz CT molecular complexity index is 718. The summed E-state index contributed by atoms with van der Waals surface area (Å²) in [5.74, 6) is 0.404. The summed E-state index contributed by atoms with van der Waals surface area (Å²) in [5.41, 5.74) is 13.0. The van der Waals surface area contributed by atoms with Crippen molar-refractivity contribution >= 4 is 11.6 Å². The van der Waals surface area contributed by atoms with Crippen LogP contribution in [0.3, 0.4) is 0 Å². The number of carbonyl (C=O) groups excluding carboxylic acids is 1. The lowest BCUT2D eigenvalue weighted by atomic mass is 10.1. The highest BCUT2D eigenvalue weighted by Crippen LogP contribution is 2.30. The van der Waals surface area contributed by atoms with E-state index < -0.39 is 5.91 Å². The van der Waals surface area contributed by atoms with E-state index in [2.05, 4.69) is 0 Å². The smallest absolute Gasteiger partial charge is 0.248 e. The fraction of sp³-hybridized carbons (Fsp3) is 0.0667. The number of nitriles is 1. The zero-order valence-electron chi connectivity index (χ0n) is 10.9. The van der Waals surface area contributed by atoms with Crippen LogP contribution in [0, 0.1) is 18.3 Å². The van der Waals surface area contributed by atoms with Gasteiger partial charge in [-0.3, -0.25) is 4.79 Å². The number of anilines is 1. The number of nitrogens with two attached hydrogens (primary N) is 2. The van der Waals surface area contributed by atoms with Crippen LogP contribution in [0.4, 0.5) is 5.69 Å². The highest BCUT2D eigenvalue weighted by Gasteiger charge is 2.08. The van der Waals surface area contributed by atoms with Crippen molar-refractivity contribution in [2.24, 2.45) is 5.73 Å². The molecule has 100 valence electrons. The van der Waals surface area contributed by atoms with Gasteiger partial charge in [0.2, 0.25) is 5.91 Å². The average Bonchev–Trinajstić information content (AvgIpc) is 2.43. The fourth-order valence-corrected chi connectivity index (χ4v) is 1.69. The molecule has 0 unspecified atom stereocenters. The Balaban J connectivity index is 2.35. The zero-order valence-corrected chi connectivity index (χ0v) is 10.9. The van der Waals surface area contributed by atoms with Crippen LogP contribution in [0.25, 0.3) is 0 Å². The summed E-state index contributed by atoms with van der Waals surface area (Å²) < 4.78 is 5.69. The molecule has 0 saturated heterocycles. The monoisotopic (exact) mass is 267 g/mol. The van der Waals surface area contributed by atoms with Gasteiger partial charge in [0.25, 0.3) is 0 Å². The van der Waals surface area contributed by atoms with Gasteiger partial charge in [-0.05, 0) is 42.8 Å². The van der Waals surface area contributed by atoms with E-state index in [1.54, 1.807) is 24.3 Å². The van der Waals surface area contributed by atoms with E-state index in [0.717, 1.165) is 5.56 Å². The first-order valence-electron chi connectivity index (χ1n) is 5.89. The van der Waals surface area contributed by atoms with Crippen molar-refractivity contribution in [3.05, 3.63) is 53.1 Å². The second-order valence-electron chi connectivity index (χ2n) is 4.31. The van der Waals surface area contributed by atoms with Gasteiger partial charge in [-0.2, -0.15) is 5.26 Å². The minimum Gasteiger partial charge on any atom is -0.455 e. The predicted molar refractivity (Wildman–Crippen MR) is 75.3 cm³/mol.